The zero-order chi connectivity index (χ0) is 17.4. The van der Waals surface area contributed by atoms with Gasteiger partial charge in [0.1, 0.15) is 17.7 Å². The van der Waals surface area contributed by atoms with E-state index in [9.17, 15) is 15.3 Å². The van der Waals surface area contributed by atoms with Gasteiger partial charge >= 0.3 is 0 Å². The van der Waals surface area contributed by atoms with Gasteiger partial charge in [0.15, 0.2) is 5.12 Å². The topological polar surface area (TPSA) is 64.7 Å². The van der Waals surface area contributed by atoms with Gasteiger partial charge < -0.3 is 0 Å². The first-order valence-corrected chi connectivity index (χ1v) is 8.02. The van der Waals surface area contributed by atoms with Crippen LogP contribution in [0.3, 0.4) is 0 Å². The van der Waals surface area contributed by atoms with Crippen LogP contribution in [-0.4, -0.2) is 5.12 Å². The first-order valence-electron chi connectivity index (χ1n) is 7.20. The van der Waals surface area contributed by atoms with Crippen LogP contribution in [0.4, 0.5) is 0 Å². The Balaban J connectivity index is 2.56. The van der Waals surface area contributed by atoms with Crippen molar-refractivity contribution in [3.63, 3.8) is 0 Å². The van der Waals surface area contributed by atoms with Gasteiger partial charge in [-0.05, 0) is 29.3 Å². The zero-order valence-electron chi connectivity index (χ0n) is 13.1. The highest BCUT2D eigenvalue weighted by molar-refractivity contribution is 8.13. The molecule has 0 N–H and O–H groups in total. The molecular formula is C20H14N2OS. The average molecular weight is 330 g/mol. The molecule has 4 heteroatoms. The lowest BCUT2D eigenvalue weighted by Gasteiger charge is -2.07. The minimum atomic E-state index is -0.0162. The Bertz CT molecular complexity index is 853. The lowest BCUT2D eigenvalue weighted by Crippen LogP contribution is -1.90. The molecule has 1 aromatic rings. The predicted molar refractivity (Wildman–Crippen MR) is 96.6 cm³/mol. The minimum absolute atomic E-state index is 0.0162. The average Bonchev–Trinajstić information content (AvgIpc) is 2.83. The van der Waals surface area contributed by atoms with Crippen LogP contribution in [0.15, 0.2) is 82.8 Å². The Morgan fingerprint density at radius 1 is 1.08 bits per heavy atom. The maximum absolute atomic E-state index is 11.3. The molecular weight excluding hydrogens is 316 g/mol. The number of hydrogen-bond donors (Lipinski definition) is 0. The summed E-state index contributed by atoms with van der Waals surface area (Å²) >= 11 is 1.12. The molecule has 0 unspecified atom stereocenters. The van der Waals surface area contributed by atoms with E-state index in [1.54, 1.807) is 6.08 Å². The van der Waals surface area contributed by atoms with Gasteiger partial charge in [-0.3, -0.25) is 4.79 Å². The van der Waals surface area contributed by atoms with Crippen LogP contribution in [0.1, 0.15) is 12.5 Å². The maximum atomic E-state index is 11.3. The first kappa shape index (κ1) is 17.3. The van der Waals surface area contributed by atoms with Crippen LogP contribution in [0, 0.1) is 22.7 Å². The molecule has 116 valence electrons. The van der Waals surface area contributed by atoms with Gasteiger partial charge in [-0.1, -0.05) is 60.4 Å². The van der Waals surface area contributed by atoms with Crippen LogP contribution in [0.25, 0.3) is 5.57 Å². The SMILES string of the molecule is CC(=O)Sc1cccc(C(C=C2C=CC=CC=C2)=C(C#N)C#N)c1. The zero-order valence-corrected chi connectivity index (χ0v) is 13.9. The Labute approximate surface area is 145 Å². The molecule has 0 spiro atoms. The van der Waals surface area contributed by atoms with Gasteiger partial charge in [0, 0.05) is 17.4 Å². The molecule has 0 bridgehead atoms. The molecule has 0 saturated carbocycles. The van der Waals surface area contributed by atoms with Gasteiger partial charge in [0.2, 0.25) is 0 Å². The van der Waals surface area contributed by atoms with Crippen LogP contribution in [-0.2, 0) is 4.79 Å². The summed E-state index contributed by atoms with van der Waals surface area (Å²) in [7, 11) is 0. The van der Waals surface area contributed by atoms with Crippen molar-refractivity contribution < 1.29 is 4.79 Å². The molecule has 24 heavy (non-hydrogen) atoms. The van der Waals surface area contributed by atoms with Crippen LogP contribution in [0.5, 0.6) is 0 Å². The molecule has 0 heterocycles. The lowest BCUT2D eigenvalue weighted by molar-refractivity contribution is -0.109. The smallest absolute Gasteiger partial charge is 0.190 e. The van der Waals surface area contributed by atoms with Gasteiger partial charge in [-0.15, -0.1) is 0 Å². The van der Waals surface area contributed by atoms with E-state index in [4.69, 9.17) is 0 Å². The van der Waals surface area contributed by atoms with Gasteiger partial charge in [-0.2, -0.15) is 10.5 Å². The Hall–Kier alpha value is -3.08. The molecule has 0 fully saturated rings. The second-order valence-electron chi connectivity index (χ2n) is 4.88. The monoisotopic (exact) mass is 330 g/mol. The summed E-state index contributed by atoms with van der Waals surface area (Å²) in [5.41, 5.74) is 2.18. The molecule has 0 saturated heterocycles. The van der Waals surface area contributed by atoms with E-state index in [1.807, 2.05) is 72.9 Å². The molecule has 0 radical (unpaired) electrons. The Morgan fingerprint density at radius 3 is 2.33 bits per heavy atom. The van der Waals surface area contributed by atoms with Gasteiger partial charge in [0.25, 0.3) is 0 Å². The van der Waals surface area contributed by atoms with Crippen LogP contribution in [0.2, 0.25) is 0 Å². The number of benzene rings is 1. The molecule has 2 rings (SSSR count). The van der Waals surface area contributed by atoms with Crippen LogP contribution >= 0.6 is 11.8 Å². The highest BCUT2D eigenvalue weighted by Gasteiger charge is 2.09. The van der Waals surface area contributed by atoms with Crippen molar-refractivity contribution in [2.75, 3.05) is 0 Å². The summed E-state index contributed by atoms with van der Waals surface area (Å²) in [4.78, 5) is 12.1. The molecule has 0 atom stereocenters. The standard InChI is InChI=1S/C20H14N2OS/c1-15(23)24-19-10-6-9-17(12-19)20(18(13-21)14-22)11-16-7-4-2-3-5-8-16/h2-12H,1H3. The van der Waals surface area contributed by atoms with Crippen molar-refractivity contribution in [2.45, 2.75) is 11.8 Å². The van der Waals surface area contributed by atoms with E-state index in [-0.39, 0.29) is 10.7 Å². The summed E-state index contributed by atoms with van der Waals surface area (Å²) in [6.07, 6.45) is 13.2. The normalized spacial score (nSPS) is 12.0. The third kappa shape index (κ3) is 4.71. The molecule has 1 aliphatic rings. The molecule has 0 aromatic heterocycles. The molecule has 0 amide bonds. The Kier molecular flexibility index (Phi) is 6.14. The van der Waals surface area contributed by atoms with E-state index in [0.717, 1.165) is 27.8 Å². The van der Waals surface area contributed by atoms with Gasteiger partial charge in [-0.25, -0.2) is 0 Å². The Morgan fingerprint density at radius 2 is 1.75 bits per heavy atom. The highest BCUT2D eigenvalue weighted by Crippen LogP contribution is 2.27. The van der Waals surface area contributed by atoms with E-state index in [1.165, 1.54) is 6.92 Å². The molecule has 1 aliphatic carbocycles. The number of thioether (sulfide) groups is 1. The number of rotatable bonds is 3. The molecule has 1 aromatic carbocycles. The molecule has 3 nitrogen and oxygen atoms in total. The summed E-state index contributed by atoms with van der Waals surface area (Å²) in [5, 5.41) is 18.6. The van der Waals surface area contributed by atoms with Crippen LogP contribution < -0.4 is 0 Å². The molecule has 0 aliphatic heterocycles. The third-order valence-electron chi connectivity index (χ3n) is 3.12. The van der Waals surface area contributed by atoms with E-state index >= 15 is 0 Å². The number of hydrogen-bond acceptors (Lipinski definition) is 4. The summed E-state index contributed by atoms with van der Waals surface area (Å²) in [6, 6.07) is 11.2. The largest absolute Gasteiger partial charge is 0.287 e. The number of nitrogens with zero attached hydrogens (tertiary/aromatic N) is 2. The number of carbonyl (C=O) groups excluding carboxylic acids is 1. The van der Waals surface area contributed by atoms with E-state index in [2.05, 4.69) is 0 Å². The van der Waals surface area contributed by atoms with Crippen molar-refractivity contribution in [3.8, 4) is 12.1 Å². The quantitative estimate of drug-likeness (QED) is 0.593. The fourth-order valence-electron chi connectivity index (χ4n) is 2.12. The lowest BCUT2D eigenvalue weighted by atomic mass is 9.98. The minimum Gasteiger partial charge on any atom is -0.287 e. The summed E-state index contributed by atoms with van der Waals surface area (Å²) < 4.78 is 0. The fraction of sp³-hybridized carbons (Fsp3) is 0.0500. The second-order valence-corrected chi connectivity index (χ2v) is 6.13. The van der Waals surface area contributed by atoms with Crippen molar-refractivity contribution in [3.05, 3.63) is 83.5 Å². The highest BCUT2D eigenvalue weighted by atomic mass is 32.2. The third-order valence-corrected chi connectivity index (χ3v) is 3.90. The number of carbonyl (C=O) groups is 1. The predicted octanol–water partition coefficient (Wildman–Crippen LogP) is 4.73. The maximum Gasteiger partial charge on any atom is 0.190 e. The van der Waals surface area contributed by atoms with Gasteiger partial charge in [0.05, 0.1) is 0 Å². The van der Waals surface area contributed by atoms with Crippen molar-refractivity contribution >= 4 is 22.5 Å². The number of allylic oxidation sites excluding steroid dienone is 10. The van der Waals surface area contributed by atoms with Crippen molar-refractivity contribution in [1.29, 1.82) is 10.5 Å². The second kappa shape index (κ2) is 8.53. The van der Waals surface area contributed by atoms with Crippen molar-refractivity contribution in [2.24, 2.45) is 0 Å². The van der Waals surface area contributed by atoms with Crippen molar-refractivity contribution in [1.82, 2.24) is 0 Å². The fourth-order valence-corrected chi connectivity index (χ4v) is 2.78. The summed E-state index contributed by atoms with van der Waals surface area (Å²) in [6.45, 7) is 1.50. The van der Waals surface area contributed by atoms with E-state index in [0.29, 0.717) is 5.57 Å². The summed E-state index contributed by atoms with van der Waals surface area (Å²) in [5.74, 6) is 0. The first-order chi connectivity index (χ1) is 11.6. The van der Waals surface area contributed by atoms with E-state index < -0.39 is 0 Å². The number of nitriles is 2.